The maximum absolute atomic E-state index is 12.5. The van der Waals surface area contributed by atoms with Crippen molar-refractivity contribution in [2.45, 2.75) is 65.1 Å². The molecule has 2 atom stereocenters. The summed E-state index contributed by atoms with van der Waals surface area (Å²) in [6.45, 7) is 6.29. The molecule has 8 heteroatoms. The van der Waals surface area contributed by atoms with Crippen molar-refractivity contribution in [3.8, 4) is 0 Å². The third-order valence-corrected chi connectivity index (χ3v) is 4.54. The van der Waals surface area contributed by atoms with Gasteiger partial charge in [0, 0.05) is 25.0 Å². The number of aromatic nitrogens is 2. The van der Waals surface area contributed by atoms with Crippen molar-refractivity contribution in [1.29, 1.82) is 0 Å². The number of nitrogens with two attached hydrogens (primary N) is 1. The maximum atomic E-state index is 12.5. The molecule has 0 bridgehead atoms. The molecule has 0 aromatic carbocycles. The van der Waals surface area contributed by atoms with E-state index in [1.165, 1.54) is 0 Å². The third-order valence-electron chi connectivity index (χ3n) is 4.54. The fourth-order valence-electron chi connectivity index (χ4n) is 3.33. The molecule has 1 saturated heterocycles. The van der Waals surface area contributed by atoms with Gasteiger partial charge in [0.05, 0.1) is 11.5 Å². The van der Waals surface area contributed by atoms with Gasteiger partial charge in [-0.3, -0.25) is 19.6 Å². The van der Waals surface area contributed by atoms with Crippen LogP contribution in [0.3, 0.4) is 0 Å². The summed E-state index contributed by atoms with van der Waals surface area (Å²) in [7, 11) is 0. The molecule has 0 saturated carbocycles. The van der Waals surface area contributed by atoms with E-state index in [1.807, 2.05) is 11.8 Å². The highest BCUT2D eigenvalue weighted by Gasteiger charge is 2.29. The Labute approximate surface area is 135 Å². The molecule has 1 amide bonds. The fourth-order valence-corrected chi connectivity index (χ4v) is 3.33. The summed E-state index contributed by atoms with van der Waals surface area (Å²) in [5.41, 5.74) is 6.90. The molecule has 2 rings (SSSR count). The summed E-state index contributed by atoms with van der Waals surface area (Å²) < 4.78 is 1.55. The molecule has 1 aromatic rings. The van der Waals surface area contributed by atoms with Crippen LogP contribution in [0, 0.1) is 24.0 Å². The summed E-state index contributed by atoms with van der Waals surface area (Å²) in [5, 5.41) is 15.2. The van der Waals surface area contributed by atoms with Gasteiger partial charge in [-0.15, -0.1) is 0 Å². The van der Waals surface area contributed by atoms with Gasteiger partial charge in [0.25, 0.3) is 0 Å². The Morgan fingerprint density at radius 3 is 2.74 bits per heavy atom. The SMILES string of the molecule is Cc1nn(CCC(=O)N2CCCCC2C(C)N)c(C)c1[N+](=O)[O-]. The lowest BCUT2D eigenvalue weighted by molar-refractivity contribution is -0.386. The zero-order valence-electron chi connectivity index (χ0n) is 14.0. The van der Waals surface area contributed by atoms with E-state index in [9.17, 15) is 14.9 Å². The molecule has 128 valence electrons. The smallest absolute Gasteiger partial charge is 0.312 e. The number of hydrogen-bond acceptors (Lipinski definition) is 5. The second-order valence-corrected chi connectivity index (χ2v) is 6.26. The van der Waals surface area contributed by atoms with Crippen molar-refractivity contribution in [3.63, 3.8) is 0 Å². The summed E-state index contributed by atoms with van der Waals surface area (Å²) in [5.74, 6) is 0.0437. The lowest BCUT2D eigenvalue weighted by Crippen LogP contribution is -2.51. The summed E-state index contributed by atoms with van der Waals surface area (Å²) in [4.78, 5) is 25.0. The lowest BCUT2D eigenvalue weighted by Gasteiger charge is -2.38. The zero-order valence-corrected chi connectivity index (χ0v) is 14.0. The van der Waals surface area contributed by atoms with Crippen molar-refractivity contribution < 1.29 is 9.72 Å². The van der Waals surface area contributed by atoms with Crippen LogP contribution in [0.4, 0.5) is 5.69 Å². The number of amides is 1. The van der Waals surface area contributed by atoms with Gasteiger partial charge in [0.1, 0.15) is 11.4 Å². The van der Waals surface area contributed by atoms with Gasteiger partial charge >= 0.3 is 5.69 Å². The van der Waals surface area contributed by atoms with E-state index in [4.69, 9.17) is 5.73 Å². The molecule has 2 heterocycles. The highest BCUT2D eigenvalue weighted by molar-refractivity contribution is 5.76. The quantitative estimate of drug-likeness (QED) is 0.653. The minimum Gasteiger partial charge on any atom is -0.338 e. The number of nitrogens with zero attached hydrogens (tertiary/aromatic N) is 4. The number of carbonyl (C=O) groups is 1. The first kappa shape index (κ1) is 17.4. The maximum Gasteiger partial charge on any atom is 0.312 e. The lowest BCUT2D eigenvalue weighted by atomic mass is 9.96. The summed E-state index contributed by atoms with van der Waals surface area (Å²) >= 11 is 0. The number of hydrogen-bond donors (Lipinski definition) is 1. The van der Waals surface area contributed by atoms with Crippen molar-refractivity contribution in [2.24, 2.45) is 5.73 Å². The van der Waals surface area contributed by atoms with Crippen LogP contribution >= 0.6 is 0 Å². The van der Waals surface area contributed by atoms with Crippen molar-refractivity contribution in [2.75, 3.05) is 6.54 Å². The van der Waals surface area contributed by atoms with Gasteiger partial charge in [-0.1, -0.05) is 0 Å². The van der Waals surface area contributed by atoms with Crippen LogP contribution in [-0.2, 0) is 11.3 Å². The van der Waals surface area contributed by atoms with E-state index in [0.29, 0.717) is 17.9 Å². The highest BCUT2D eigenvalue weighted by atomic mass is 16.6. The standard InChI is InChI=1S/C15H25N5O3/c1-10(16)13-6-4-5-8-18(13)14(21)7-9-19-12(3)15(20(22)23)11(2)17-19/h10,13H,4-9,16H2,1-3H3. The molecule has 0 spiro atoms. The predicted octanol–water partition coefficient (Wildman–Crippen LogP) is 1.53. The van der Waals surface area contributed by atoms with Gasteiger partial charge in [-0.25, -0.2) is 0 Å². The average Bonchev–Trinajstić information content (AvgIpc) is 2.78. The number of carbonyl (C=O) groups excluding carboxylic acids is 1. The third kappa shape index (κ3) is 3.69. The normalized spacial score (nSPS) is 19.7. The van der Waals surface area contributed by atoms with Crippen LogP contribution in [0.25, 0.3) is 0 Å². The van der Waals surface area contributed by atoms with Crippen LogP contribution in [0.5, 0.6) is 0 Å². The van der Waals surface area contributed by atoms with Crippen LogP contribution in [0.15, 0.2) is 0 Å². The Hall–Kier alpha value is -1.96. The second-order valence-electron chi connectivity index (χ2n) is 6.26. The topological polar surface area (TPSA) is 107 Å². The number of likely N-dealkylation sites (tertiary alicyclic amines) is 1. The van der Waals surface area contributed by atoms with Gasteiger partial charge in [0.2, 0.25) is 5.91 Å². The van der Waals surface area contributed by atoms with Gasteiger partial charge in [-0.05, 0) is 40.0 Å². The van der Waals surface area contributed by atoms with E-state index < -0.39 is 4.92 Å². The molecular weight excluding hydrogens is 298 g/mol. The summed E-state index contributed by atoms with van der Waals surface area (Å²) in [6.07, 6.45) is 3.32. The number of rotatable bonds is 5. The molecule has 2 N–H and O–H groups in total. The molecule has 1 aromatic heterocycles. The monoisotopic (exact) mass is 323 g/mol. The largest absolute Gasteiger partial charge is 0.338 e. The first-order valence-corrected chi connectivity index (χ1v) is 8.06. The Balaban J connectivity index is 2.04. The molecule has 8 nitrogen and oxygen atoms in total. The van der Waals surface area contributed by atoms with Crippen LogP contribution in [0.2, 0.25) is 0 Å². The van der Waals surface area contributed by atoms with E-state index >= 15 is 0 Å². The van der Waals surface area contributed by atoms with Crippen molar-refractivity contribution in [3.05, 3.63) is 21.5 Å². The van der Waals surface area contributed by atoms with Crippen molar-refractivity contribution >= 4 is 11.6 Å². The highest BCUT2D eigenvalue weighted by Crippen LogP contribution is 2.23. The minimum atomic E-state index is -0.424. The Morgan fingerprint density at radius 1 is 1.48 bits per heavy atom. The summed E-state index contributed by atoms with van der Waals surface area (Å²) in [6, 6.07) is 0.0417. The second kappa shape index (κ2) is 7.08. The van der Waals surface area contributed by atoms with Crippen LogP contribution in [0.1, 0.15) is 44.0 Å². The molecule has 23 heavy (non-hydrogen) atoms. The van der Waals surface area contributed by atoms with Crippen LogP contribution in [-0.4, -0.2) is 44.1 Å². The molecule has 1 fully saturated rings. The molecule has 0 radical (unpaired) electrons. The Morgan fingerprint density at radius 2 is 2.17 bits per heavy atom. The fraction of sp³-hybridized carbons (Fsp3) is 0.733. The van der Waals surface area contributed by atoms with E-state index in [0.717, 1.165) is 25.8 Å². The zero-order chi connectivity index (χ0) is 17.1. The number of piperidine rings is 1. The number of nitro groups is 1. The average molecular weight is 323 g/mol. The Kier molecular flexibility index (Phi) is 5.35. The molecular formula is C15H25N5O3. The predicted molar refractivity (Wildman–Crippen MR) is 86.0 cm³/mol. The van der Waals surface area contributed by atoms with Gasteiger partial charge in [-0.2, -0.15) is 5.10 Å². The first-order chi connectivity index (χ1) is 10.8. The van der Waals surface area contributed by atoms with Gasteiger partial charge < -0.3 is 10.6 Å². The minimum absolute atomic E-state index is 0.0314. The molecule has 0 aliphatic carbocycles. The number of aryl methyl sites for hydroxylation is 2. The molecule has 1 aliphatic heterocycles. The molecule has 2 unspecified atom stereocenters. The molecule has 1 aliphatic rings. The Bertz CT molecular complexity index is 596. The van der Waals surface area contributed by atoms with Crippen molar-refractivity contribution in [1.82, 2.24) is 14.7 Å². The van der Waals surface area contributed by atoms with E-state index in [1.54, 1.807) is 18.5 Å². The first-order valence-electron chi connectivity index (χ1n) is 8.06. The van der Waals surface area contributed by atoms with Crippen LogP contribution < -0.4 is 5.73 Å². The van der Waals surface area contributed by atoms with E-state index in [-0.39, 0.29) is 30.1 Å². The van der Waals surface area contributed by atoms with E-state index in [2.05, 4.69) is 5.10 Å². The van der Waals surface area contributed by atoms with Gasteiger partial charge in [0.15, 0.2) is 0 Å².